The van der Waals surface area contributed by atoms with E-state index >= 15 is 0 Å². The van der Waals surface area contributed by atoms with Crippen molar-refractivity contribution in [1.82, 2.24) is 4.90 Å². The zero-order valence-electron chi connectivity index (χ0n) is 8.69. The molecule has 0 aliphatic heterocycles. The summed E-state index contributed by atoms with van der Waals surface area (Å²) in [6.07, 6.45) is 1.99. The second-order valence-electron chi connectivity index (χ2n) is 3.18. The maximum Gasteiger partial charge on any atom is 0.308 e. The number of hydrogen-bond donors (Lipinski definition) is 1. The molecule has 0 aliphatic carbocycles. The molecule has 4 heteroatoms. The maximum atomic E-state index is 11.3. The lowest BCUT2D eigenvalue weighted by Gasteiger charge is -2.22. The van der Waals surface area contributed by atoms with Crippen LogP contribution in [0.3, 0.4) is 0 Å². The average molecular weight is 199 g/mol. The van der Waals surface area contributed by atoms with E-state index in [2.05, 4.69) is 6.58 Å². The second-order valence-corrected chi connectivity index (χ2v) is 3.18. The topological polar surface area (TPSA) is 57.6 Å². The first-order valence-electron chi connectivity index (χ1n) is 4.64. The predicted molar refractivity (Wildman–Crippen MR) is 53.9 cm³/mol. The summed E-state index contributed by atoms with van der Waals surface area (Å²) in [7, 11) is 0. The summed E-state index contributed by atoms with van der Waals surface area (Å²) < 4.78 is 0. The predicted octanol–water partition coefficient (Wildman–Crippen LogP) is 1.13. The summed E-state index contributed by atoms with van der Waals surface area (Å²) in [5.41, 5.74) is 0. The molecule has 0 bridgehead atoms. The number of nitrogens with zero attached hydrogens (tertiary/aromatic N) is 1. The molecule has 0 aromatic carbocycles. The third-order valence-electron chi connectivity index (χ3n) is 1.92. The standard InChI is InChI=1S/C10H17NO3/c1-4-6-11(9(12)5-2)7-8(3)10(13)14/h4,8H,1,5-7H2,2-3H3,(H,13,14). The van der Waals surface area contributed by atoms with Crippen molar-refractivity contribution in [3.05, 3.63) is 12.7 Å². The first-order chi connectivity index (χ1) is 6.52. The van der Waals surface area contributed by atoms with E-state index in [9.17, 15) is 9.59 Å². The highest BCUT2D eigenvalue weighted by Gasteiger charge is 2.18. The zero-order chi connectivity index (χ0) is 11.1. The maximum absolute atomic E-state index is 11.3. The van der Waals surface area contributed by atoms with Crippen LogP contribution in [-0.4, -0.2) is 35.0 Å². The van der Waals surface area contributed by atoms with E-state index in [1.807, 2.05) is 0 Å². The zero-order valence-corrected chi connectivity index (χ0v) is 8.69. The molecule has 0 aromatic heterocycles. The van der Waals surface area contributed by atoms with Crippen molar-refractivity contribution in [2.45, 2.75) is 20.3 Å². The van der Waals surface area contributed by atoms with Gasteiger partial charge in [-0.05, 0) is 0 Å². The molecular weight excluding hydrogens is 182 g/mol. The lowest BCUT2D eigenvalue weighted by atomic mass is 10.1. The van der Waals surface area contributed by atoms with Gasteiger partial charge in [0.15, 0.2) is 0 Å². The van der Waals surface area contributed by atoms with Crippen LogP contribution in [0.4, 0.5) is 0 Å². The first kappa shape index (κ1) is 12.7. The molecule has 0 saturated heterocycles. The Morgan fingerprint density at radius 2 is 2.14 bits per heavy atom. The van der Waals surface area contributed by atoms with Gasteiger partial charge in [0.2, 0.25) is 5.91 Å². The molecule has 14 heavy (non-hydrogen) atoms. The molecular formula is C10H17NO3. The number of carbonyl (C=O) groups is 2. The summed E-state index contributed by atoms with van der Waals surface area (Å²) >= 11 is 0. The van der Waals surface area contributed by atoms with Crippen molar-refractivity contribution in [2.75, 3.05) is 13.1 Å². The van der Waals surface area contributed by atoms with Crippen LogP contribution >= 0.6 is 0 Å². The normalized spacial score (nSPS) is 11.9. The van der Waals surface area contributed by atoms with E-state index in [1.165, 1.54) is 4.90 Å². The Labute approximate surface area is 84.2 Å². The van der Waals surface area contributed by atoms with Crippen LogP contribution in [0.2, 0.25) is 0 Å². The molecule has 1 atom stereocenters. The van der Waals surface area contributed by atoms with E-state index in [0.717, 1.165) is 0 Å². The molecule has 0 radical (unpaired) electrons. The second kappa shape index (κ2) is 6.18. The van der Waals surface area contributed by atoms with E-state index in [-0.39, 0.29) is 12.5 Å². The van der Waals surface area contributed by atoms with Gasteiger partial charge in [-0.15, -0.1) is 6.58 Å². The van der Waals surface area contributed by atoms with Gasteiger partial charge in [-0.1, -0.05) is 19.9 Å². The molecule has 4 nitrogen and oxygen atoms in total. The van der Waals surface area contributed by atoms with E-state index in [4.69, 9.17) is 5.11 Å². The fourth-order valence-corrected chi connectivity index (χ4v) is 1.07. The Bertz CT molecular complexity index is 225. The number of rotatable bonds is 6. The van der Waals surface area contributed by atoms with E-state index < -0.39 is 11.9 Å². The fourth-order valence-electron chi connectivity index (χ4n) is 1.07. The van der Waals surface area contributed by atoms with E-state index in [1.54, 1.807) is 19.9 Å². The highest BCUT2D eigenvalue weighted by atomic mass is 16.4. The lowest BCUT2D eigenvalue weighted by Crippen LogP contribution is -2.36. The summed E-state index contributed by atoms with van der Waals surface area (Å²) in [5.74, 6) is -1.47. The average Bonchev–Trinajstić information content (AvgIpc) is 2.15. The smallest absolute Gasteiger partial charge is 0.308 e. The fraction of sp³-hybridized carbons (Fsp3) is 0.600. The van der Waals surface area contributed by atoms with Crippen LogP contribution in [0.15, 0.2) is 12.7 Å². The monoisotopic (exact) mass is 199 g/mol. The quantitative estimate of drug-likeness (QED) is 0.652. The number of aliphatic carboxylic acids is 1. The molecule has 0 spiro atoms. The highest BCUT2D eigenvalue weighted by molar-refractivity contribution is 5.77. The van der Waals surface area contributed by atoms with Gasteiger partial charge in [-0.2, -0.15) is 0 Å². The molecule has 0 aliphatic rings. The minimum absolute atomic E-state index is 0.0435. The van der Waals surface area contributed by atoms with Gasteiger partial charge in [0.05, 0.1) is 5.92 Å². The summed E-state index contributed by atoms with van der Waals surface area (Å²) in [5, 5.41) is 8.69. The Balaban J connectivity index is 4.28. The summed E-state index contributed by atoms with van der Waals surface area (Å²) in [6, 6.07) is 0. The molecule has 0 aromatic rings. The Morgan fingerprint density at radius 3 is 2.50 bits per heavy atom. The molecule has 0 heterocycles. The van der Waals surface area contributed by atoms with Crippen LogP contribution in [-0.2, 0) is 9.59 Å². The molecule has 0 fully saturated rings. The van der Waals surface area contributed by atoms with Crippen LogP contribution in [0, 0.1) is 5.92 Å². The molecule has 0 saturated carbocycles. The van der Waals surface area contributed by atoms with Crippen LogP contribution in [0.1, 0.15) is 20.3 Å². The Kier molecular flexibility index (Phi) is 5.60. The van der Waals surface area contributed by atoms with Crippen LogP contribution in [0.25, 0.3) is 0 Å². The SMILES string of the molecule is C=CCN(CC(C)C(=O)O)C(=O)CC. The van der Waals surface area contributed by atoms with E-state index in [0.29, 0.717) is 13.0 Å². The summed E-state index contributed by atoms with van der Waals surface area (Å²) in [6.45, 7) is 7.52. The number of amides is 1. The van der Waals surface area contributed by atoms with Crippen molar-refractivity contribution in [3.63, 3.8) is 0 Å². The van der Waals surface area contributed by atoms with Crippen molar-refractivity contribution in [1.29, 1.82) is 0 Å². The highest BCUT2D eigenvalue weighted by Crippen LogP contribution is 2.02. The number of hydrogen-bond acceptors (Lipinski definition) is 2. The summed E-state index contributed by atoms with van der Waals surface area (Å²) in [4.78, 5) is 23.4. The van der Waals surface area contributed by atoms with Crippen LogP contribution in [0.5, 0.6) is 0 Å². The van der Waals surface area contributed by atoms with Gasteiger partial charge in [0, 0.05) is 19.5 Å². The number of carboxylic acids is 1. The number of carboxylic acid groups (broad SMARTS) is 1. The van der Waals surface area contributed by atoms with Gasteiger partial charge in [0.1, 0.15) is 0 Å². The van der Waals surface area contributed by atoms with Gasteiger partial charge >= 0.3 is 5.97 Å². The Hall–Kier alpha value is -1.32. The minimum atomic E-state index is -0.886. The van der Waals surface area contributed by atoms with Gasteiger partial charge in [-0.25, -0.2) is 0 Å². The minimum Gasteiger partial charge on any atom is -0.481 e. The van der Waals surface area contributed by atoms with Crippen molar-refractivity contribution >= 4 is 11.9 Å². The first-order valence-corrected chi connectivity index (χ1v) is 4.64. The number of carbonyl (C=O) groups excluding carboxylic acids is 1. The molecule has 1 amide bonds. The van der Waals surface area contributed by atoms with Gasteiger partial charge in [-0.3, -0.25) is 9.59 Å². The molecule has 1 N–H and O–H groups in total. The van der Waals surface area contributed by atoms with Gasteiger partial charge < -0.3 is 10.0 Å². The largest absolute Gasteiger partial charge is 0.481 e. The van der Waals surface area contributed by atoms with Crippen molar-refractivity contribution in [2.24, 2.45) is 5.92 Å². The van der Waals surface area contributed by atoms with Gasteiger partial charge in [0.25, 0.3) is 0 Å². The van der Waals surface area contributed by atoms with Crippen molar-refractivity contribution < 1.29 is 14.7 Å². The molecule has 80 valence electrons. The third-order valence-corrected chi connectivity index (χ3v) is 1.92. The molecule has 0 rings (SSSR count). The lowest BCUT2D eigenvalue weighted by molar-refractivity contribution is -0.142. The molecule has 1 unspecified atom stereocenters. The van der Waals surface area contributed by atoms with Crippen molar-refractivity contribution in [3.8, 4) is 0 Å². The van der Waals surface area contributed by atoms with Crippen LogP contribution < -0.4 is 0 Å². The Morgan fingerprint density at radius 1 is 1.57 bits per heavy atom. The third kappa shape index (κ3) is 4.07.